The average Bonchev–Trinajstić information content (AvgIpc) is 2.65. The molecular formula is C25H20. The number of rotatable bonds is 2. The van der Waals surface area contributed by atoms with Crippen molar-refractivity contribution >= 4 is 32.3 Å². The number of benzene rings is 5. The Labute approximate surface area is 148 Å². The standard InChI is InChI=1S/C25H20/c1-3-17-13-16(2)14-21(15-17)22-11-9-20-8-7-18-5-4-6-19-10-12-23(22)25(20)24(18)19/h4-15H,3H2,1-2H3. The maximum Gasteiger partial charge on any atom is -0.00206 e. The summed E-state index contributed by atoms with van der Waals surface area (Å²) in [7, 11) is 0. The van der Waals surface area contributed by atoms with Crippen LogP contribution >= 0.6 is 0 Å². The quantitative estimate of drug-likeness (QED) is 0.304. The number of aryl methyl sites for hydroxylation is 2. The van der Waals surface area contributed by atoms with Gasteiger partial charge in [-0.1, -0.05) is 85.3 Å². The minimum atomic E-state index is 1.07. The Morgan fingerprint density at radius 3 is 2.12 bits per heavy atom. The van der Waals surface area contributed by atoms with Gasteiger partial charge in [-0.15, -0.1) is 0 Å². The lowest BCUT2D eigenvalue weighted by atomic mass is 9.89. The maximum absolute atomic E-state index is 2.35. The van der Waals surface area contributed by atoms with Crippen molar-refractivity contribution in [2.45, 2.75) is 20.3 Å². The van der Waals surface area contributed by atoms with E-state index in [1.807, 2.05) is 0 Å². The Balaban J connectivity index is 1.93. The first-order valence-electron chi connectivity index (χ1n) is 9.02. The van der Waals surface area contributed by atoms with Crippen LogP contribution in [0.2, 0.25) is 0 Å². The first-order chi connectivity index (χ1) is 12.2. The molecular weight excluding hydrogens is 300 g/mol. The smallest absolute Gasteiger partial charge is 0.00206 e. The van der Waals surface area contributed by atoms with Crippen LogP contribution in [0.5, 0.6) is 0 Å². The molecule has 0 heteroatoms. The minimum absolute atomic E-state index is 1.07. The molecule has 0 amide bonds. The third-order valence-electron chi connectivity index (χ3n) is 5.39. The molecule has 0 nitrogen and oxygen atoms in total. The van der Waals surface area contributed by atoms with Crippen LogP contribution in [0, 0.1) is 6.92 Å². The second kappa shape index (κ2) is 5.32. The highest BCUT2D eigenvalue weighted by Gasteiger charge is 2.12. The van der Waals surface area contributed by atoms with Gasteiger partial charge in [0.25, 0.3) is 0 Å². The summed E-state index contributed by atoms with van der Waals surface area (Å²) in [6, 6.07) is 27.2. The van der Waals surface area contributed by atoms with E-state index in [1.54, 1.807) is 0 Å². The molecule has 25 heavy (non-hydrogen) atoms. The molecule has 0 radical (unpaired) electrons. The molecule has 5 aromatic rings. The first-order valence-corrected chi connectivity index (χ1v) is 9.02. The van der Waals surface area contributed by atoms with E-state index >= 15 is 0 Å². The number of hydrogen-bond donors (Lipinski definition) is 0. The second-order valence-electron chi connectivity index (χ2n) is 7.03. The van der Waals surface area contributed by atoms with Crippen LogP contribution in [-0.4, -0.2) is 0 Å². The Hall–Kier alpha value is -2.86. The minimum Gasteiger partial charge on any atom is -0.0613 e. The van der Waals surface area contributed by atoms with E-state index in [4.69, 9.17) is 0 Å². The summed E-state index contributed by atoms with van der Waals surface area (Å²) in [6.07, 6.45) is 1.07. The second-order valence-corrected chi connectivity index (χ2v) is 7.03. The summed E-state index contributed by atoms with van der Waals surface area (Å²) in [6.45, 7) is 4.42. The van der Waals surface area contributed by atoms with Crippen LogP contribution in [0.15, 0.2) is 72.8 Å². The molecule has 0 N–H and O–H groups in total. The fourth-order valence-electron chi connectivity index (χ4n) is 4.21. The van der Waals surface area contributed by atoms with Gasteiger partial charge in [-0.3, -0.25) is 0 Å². The summed E-state index contributed by atoms with van der Waals surface area (Å²) in [5.41, 5.74) is 5.40. The molecule has 120 valence electrons. The lowest BCUT2D eigenvalue weighted by molar-refractivity contribution is 1.13. The zero-order chi connectivity index (χ0) is 17.0. The van der Waals surface area contributed by atoms with Crippen molar-refractivity contribution in [1.82, 2.24) is 0 Å². The molecule has 0 fully saturated rings. The van der Waals surface area contributed by atoms with Crippen LogP contribution < -0.4 is 0 Å². The molecule has 0 bridgehead atoms. The predicted molar refractivity (Wildman–Crippen MR) is 110 cm³/mol. The van der Waals surface area contributed by atoms with Crippen LogP contribution in [-0.2, 0) is 6.42 Å². The molecule has 0 aliphatic heterocycles. The Morgan fingerprint density at radius 1 is 0.680 bits per heavy atom. The molecule has 0 aliphatic carbocycles. The van der Waals surface area contributed by atoms with Gasteiger partial charge >= 0.3 is 0 Å². The maximum atomic E-state index is 2.35. The zero-order valence-corrected chi connectivity index (χ0v) is 14.6. The van der Waals surface area contributed by atoms with Crippen molar-refractivity contribution in [2.75, 3.05) is 0 Å². The van der Waals surface area contributed by atoms with Gasteiger partial charge in [0.2, 0.25) is 0 Å². The van der Waals surface area contributed by atoms with Gasteiger partial charge in [0.15, 0.2) is 0 Å². The van der Waals surface area contributed by atoms with Crippen molar-refractivity contribution in [1.29, 1.82) is 0 Å². The average molecular weight is 320 g/mol. The van der Waals surface area contributed by atoms with E-state index in [0.717, 1.165) is 6.42 Å². The zero-order valence-electron chi connectivity index (χ0n) is 14.6. The van der Waals surface area contributed by atoms with Crippen LogP contribution in [0.4, 0.5) is 0 Å². The fraction of sp³-hybridized carbons (Fsp3) is 0.120. The Bertz CT molecular complexity index is 1210. The van der Waals surface area contributed by atoms with Gasteiger partial charge in [0.1, 0.15) is 0 Å². The first kappa shape index (κ1) is 14.5. The Kier molecular flexibility index (Phi) is 3.08. The van der Waals surface area contributed by atoms with E-state index in [1.165, 1.54) is 54.6 Å². The summed E-state index contributed by atoms with van der Waals surface area (Å²) in [4.78, 5) is 0. The van der Waals surface area contributed by atoms with Gasteiger partial charge in [0, 0.05) is 0 Å². The molecule has 5 rings (SSSR count). The van der Waals surface area contributed by atoms with Gasteiger partial charge < -0.3 is 0 Å². The molecule has 0 saturated heterocycles. The summed E-state index contributed by atoms with van der Waals surface area (Å²) < 4.78 is 0. The topological polar surface area (TPSA) is 0 Å². The highest BCUT2D eigenvalue weighted by Crippen LogP contribution is 2.39. The van der Waals surface area contributed by atoms with Gasteiger partial charge in [0.05, 0.1) is 0 Å². The van der Waals surface area contributed by atoms with Crippen LogP contribution in [0.1, 0.15) is 18.1 Å². The summed E-state index contributed by atoms with van der Waals surface area (Å²) in [5, 5.41) is 8.12. The van der Waals surface area contributed by atoms with Gasteiger partial charge in [-0.25, -0.2) is 0 Å². The van der Waals surface area contributed by atoms with Crippen molar-refractivity contribution in [2.24, 2.45) is 0 Å². The fourth-order valence-corrected chi connectivity index (χ4v) is 4.21. The molecule has 0 heterocycles. The van der Waals surface area contributed by atoms with E-state index < -0.39 is 0 Å². The van der Waals surface area contributed by atoms with Gasteiger partial charge in [-0.05, 0) is 62.4 Å². The van der Waals surface area contributed by atoms with Crippen LogP contribution in [0.25, 0.3) is 43.4 Å². The van der Waals surface area contributed by atoms with Crippen molar-refractivity contribution in [3.63, 3.8) is 0 Å². The number of hydrogen-bond acceptors (Lipinski definition) is 0. The van der Waals surface area contributed by atoms with E-state index in [0.29, 0.717) is 0 Å². The predicted octanol–water partition coefficient (Wildman–Crippen LogP) is 7.12. The van der Waals surface area contributed by atoms with Crippen molar-refractivity contribution in [3.8, 4) is 11.1 Å². The molecule has 0 spiro atoms. The van der Waals surface area contributed by atoms with E-state index in [2.05, 4.69) is 86.6 Å². The third-order valence-corrected chi connectivity index (χ3v) is 5.39. The lowest BCUT2D eigenvalue weighted by Gasteiger charge is -2.15. The van der Waals surface area contributed by atoms with Gasteiger partial charge in [-0.2, -0.15) is 0 Å². The molecule has 0 saturated carbocycles. The van der Waals surface area contributed by atoms with Crippen molar-refractivity contribution < 1.29 is 0 Å². The third kappa shape index (κ3) is 2.14. The largest absolute Gasteiger partial charge is 0.0613 e. The monoisotopic (exact) mass is 320 g/mol. The highest BCUT2D eigenvalue weighted by molar-refractivity contribution is 6.25. The van der Waals surface area contributed by atoms with E-state index in [9.17, 15) is 0 Å². The normalized spacial score (nSPS) is 11.8. The van der Waals surface area contributed by atoms with Crippen LogP contribution in [0.3, 0.4) is 0 Å². The molecule has 0 aromatic heterocycles. The van der Waals surface area contributed by atoms with Crippen molar-refractivity contribution in [3.05, 3.63) is 83.9 Å². The highest BCUT2D eigenvalue weighted by atomic mass is 14.2. The Morgan fingerprint density at radius 2 is 1.36 bits per heavy atom. The lowest BCUT2D eigenvalue weighted by Crippen LogP contribution is -1.89. The molecule has 0 atom stereocenters. The SMILES string of the molecule is CCc1cc(C)cc(-c2ccc3ccc4cccc5ccc2c3c45)c1. The molecule has 0 unspecified atom stereocenters. The molecule has 0 aliphatic rings. The molecule has 5 aromatic carbocycles. The van der Waals surface area contributed by atoms with E-state index in [-0.39, 0.29) is 0 Å². The summed E-state index contributed by atoms with van der Waals surface area (Å²) in [5.74, 6) is 0. The summed E-state index contributed by atoms with van der Waals surface area (Å²) >= 11 is 0.